The van der Waals surface area contributed by atoms with E-state index in [0.29, 0.717) is 28.9 Å². The zero-order chi connectivity index (χ0) is 19.5. The molecule has 0 atom stereocenters. The van der Waals surface area contributed by atoms with E-state index in [1.54, 1.807) is 24.3 Å². The van der Waals surface area contributed by atoms with Crippen LogP contribution in [0.1, 0.15) is 22.3 Å². The fourth-order valence-electron chi connectivity index (χ4n) is 3.25. The van der Waals surface area contributed by atoms with Crippen molar-refractivity contribution in [2.24, 2.45) is 0 Å². The standard InChI is InChI=1S/C24H19FO3/c1-16-20-12-11-19(27-15-18-9-5-6-10-22(18)25)14-23(20)28-24(26)21(16)13-17-7-3-2-4-8-17/h2-12,14H,13,15H2,1H3. The lowest BCUT2D eigenvalue weighted by molar-refractivity contribution is 0.300. The number of ether oxygens (including phenoxy) is 1. The van der Waals surface area contributed by atoms with E-state index >= 15 is 0 Å². The van der Waals surface area contributed by atoms with E-state index in [1.165, 1.54) is 6.07 Å². The lowest BCUT2D eigenvalue weighted by atomic mass is 10.00. The number of hydrogen-bond donors (Lipinski definition) is 0. The maximum absolute atomic E-state index is 13.7. The van der Waals surface area contributed by atoms with Crippen LogP contribution in [0.15, 0.2) is 82.0 Å². The van der Waals surface area contributed by atoms with Crippen LogP contribution < -0.4 is 10.4 Å². The topological polar surface area (TPSA) is 39.4 Å². The van der Waals surface area contributed by atoms with Crippen LogP contribution in [0, 0.1) is 12.7 Å². The van der Waals surface area contributed by atoms with Crippen molar-refractivity contribution >= 4 is 11.0 Å². The highest BCUT2D eigenvalue weighted by atomic mass is 19.1. The molecule has 0 fully saturated rings. The monoisotopic (exact) mass is 374 g/mol. The number of rotatable bonds is 5. The van der Waals surface area contributed by atoms with Gasteiger partial charge in [0.05, 0.1) is 0 Å². The van der Waals surface area contributed by atoms with Crippen molar-refractivity contribution in [3.8, 4) is 5.75 Å². The molecule has 1 aromatic heterocycles. The molecule has 0 radical (unpaired) electrons. The van der Waals surface area contributed by atoms with Crippen LogP contribution in [0.5, 0.6) is 5.75 Å². The van der Waals surface area contributed by atoms with Gasteiger partial charge in [0, 0.05) is 29.0 Å². The van der Waals surface area contributed by atoms with E-state index in [0.717, 1.165) is 16.5 Å². The van der Waals surface area contributed by atoms with Gasteiger partial charge in [-0.1, -0.05) is 48.5 Å². The summed E-state index contributed by atoms with van der Waals surface area (Å²) in [7, 11) is 0. The summed E-state index contributed by atoms with van der Waals surface area (Å²) in [5.74, 6) is 0.213. The quantitative estimate of drug-likeness (QED) is 0.439. The molecule has 0 bridgehead atoms. The van der Waals surface area contributed by atoms with Gasteiger partial charge in [-0.25, -0.2) is 9.18 Å². The van der Waals surface area contributed by atoms with E-state index < -0.39 is 0 Å². The summed E-state index contributed by atoms with van der Waals surface area (Å²) in [6.07, 6.45) is 0.524. The SMILES string of the molecule is Cc1c(Cc2ccccc2)c(=O)oc2cc(OCc3ccccc3F)ccc12. The molecule has 0 saturated heterocycles. The molecular weight excluding hydrogens is 355 g/mol. The fourth-order valence-corrected chi connectivity index (χ4v) is 3.25. The Labute approximate surface area is 162 Å². The van der Waals surface area contributed by atoms with Crippen molar-refractivity contribution in [3.63, 3.8) is 0 Å². The van der Waals surface area contributed by atoms with Gasteiger partial charge in [0.25, 0.3) is 0 Å². The first kappa shape index (κ1) is 18.0. The minimum atomic E-state index is -0.347. The van der Waals surface area contributed by atoms with E-state index in [2.05, 4.69) is 0 Å². The van der Waals surface area contributed by atoms with Crippen LogP contribution in [0.4, 0.5) is 4.39 Å². The van der Waals surface area contributed by atoms with E-state index in [4.69, 9.17) is 9.15 Å². The summed E-state index contributed by atoms with van der Waals surface area (Å²) >= 11 is 0. The number of aryl methyl sites for hydroxylation is 1. The number of hydrogen-bond acceptors (Lipinski definition) is 3. The summed E-state index contributed by atoms with van der Waals surface area (Å²) < 4.78 is 25.0. The molecule has 4 heteroatoms. The van der Waals surface area contributed by atoms with Gasteiger partial charge in [-0.3, -0.25) is 0 Å². The molecule has 0 aliphatic rings. The van der Waals surface area contributed by atoms with E-state index in [1.807, 2.05) is 49.4 Å². The summed E-state index contributed by atoms with van der Waals surface area (Å²) in [5, 5.41) is 0.865. The molecule has 0 aliphatic carbocycles. The van der Waals surface area contributed by atoms with Crippen molar-refractivity contribution in [2.75, 3.05) is 0 Å². The summed E-state index contributed by atoms with van der Waals surface area (Å²) in [6.45, 7) is 2.03. The minimum absolute atomic E-state index is 0.105. The van der Waals surface area contributed by atoms with Crippen LogP contribution >= 0.6 is 0 Å². The van der Waals surface area contributed by atoms with E-state index in [-0.39, 0.29) is 18.0 Å². The van der Waals surface area contributed by atoms with Crippen molar-refractivity contribution in [2.45, 2.75) is 20.0 Å². The third-order valence-electron chi connectivity index (χ3n) is 4.83. The van der Waals surface area contributed by atoms with Crippen LogP contribution in [-0.2, 0) is 13.0 Å². The van der Waals surface area contributed by atoms with Crippen molar-refractivity contribution in [1.29, 1.82) is 0 Å². The average Bonchev–Trinajstić information content (AvgIpc) is 2.71. The zero-order valence-electron chi connectivity index (χ0n) is 15.4. The molecular formula is C24H19FO3. The Morgan fingerprint density at radius 2 is 1.71 bits per heavy atom. The second-order valence-electron chi connectivity index (χ2n) is 6.69. The van der Waals surface area contributed by atoms with Gasteiger partial charge in [-0.2, -0.15) is 0 Å². The molecule has 3 aromatic carbocycles. The van der Waals surface area contributed by atoms with E-state index in [9.17, 15) is 9.18 Å². The first-order chi connectivity index (χ1) is 13.6. The first-order valence-corrected chi connectivity index (χ1v) is 9.08. The number of fused-ring (bicyclic) bond motifs is 1. The Morgan fingerprint density at radius 3 is 2.50 bits per heavy atom. The summed E-state index contributed by atoms with van der Waals surface area (Å²) in [6, 6.07) is 21.7. The molecule has 3 nitrogen and oxygen atoms in total. The molecule has 4 rings (SSSR count). The maximum atomic E-state index is 13.7. The maximum Gasteiger partial charge on any atom is 0.340 e. The number of benzene rings is 3. The minimum Gasteiger partial charge on any atom is -0.489 e. The van der Waals surface area contributed by atoms with Gasteiger partial charge >= 0.3 is 5.63 Å². The summed E-state index contributed by atoms with van der Waals surface area (Å²) in [4.78, 5) is 12.5. The third kappa shape index (κ3) is 3.67. The Bertz CT molecular complexity index is 1180. The highest BCUT2D eigenvalue weighted by Crippen LogP contribution is 2.26. The second-order valence-corrected chi connectivity index (χ2v) is 6.69. The molecule has 0 spiro atoms. The third-order valence-corrected chi connectivity index (χ3v) is 4.83. The van der Waals surface area contributed by atoms with Gasteiger partial charge in [0.1, 0.15) is 23.8 Å². The van der Waals surface area contributed by atoms with Crippen molar-refractivity contribution in [3.05, 3.63) is 111 Å². The largest absolute Gasteiger partial charge is 0.489 e. The van der Waals surface area contributed by atoms with Gasteiger partial charge in [-0.05, 0) is 36.2 Å². The smallest absolute Gasteiger partial charge is 0.340 e. The van der Waals surface area contributed by atoms with Gasteiger partial charge in [0.15, 0.2) is 0 Å². The van der Waals surface area contributed by atoms with Crippen LogP contribution in [0.25, 0.3) is 11.0 Å². The normalized spacial score (nSPS) is 10.9. The van der Waals surface area contributed by atoms with Crippen molar-refractivity contribution < 1.29 is 13.5 Å². The Hall–Kier alpha value is -3.40. The zero-order valence-corrected chi connectivity index (χ0v) is 15.4. The average molecular weight is 374 g/mol. The lowest BCUT2D eigenvalue weighted by Gasteiger charge is -2.11. The van der Waals surface area contributed by atoms with Crippen LogP contribution in [-0.4, -0.2) is 0 Å². The van der Waals surface area contributed by atoms with Gasteiger partial charge in [0.2, 0.25) is 0 Å². The first-order valence-electron chi connectivity index (χ1n) is 9.08. The lowest BCUT2D eigenvalue weighted by Crippen LogP contribution is -2.11. The Balaban J connectivity index is 1.63. The van der Waals surface area contributed by atoms with Crippen LogP contribution in [0.3, 0.4) is 0 Å². The van der Waals surface area contributed by atoms with Gasteiger partial charge < -0.3 is 9.15 Å². The molecule has 0 unspecified atom stereocenters. The Kier molecular flexibility index (Phi) is 4.94. The molecule has 0 N–H and O–H groups in total. The summed E-state index contributed by atoms with van der Waals surface area (Å²) in [5.41, 5.74) is 3.19. The Morgan fingerprint density at radius 1 is 0.964 bits per heavy atom. The van der Waals surface area contributed by atoms with Crippen molar-refractivity contribution in [1.82, 2.24) is 0 Å². The molecule has 0 aliphatic heterocycles. The number of halogens is 1. The predicted octanol–water partition coefficient (Wildman–Crippen LogP) is 5.41. The second kappa shape index (κ2) is 7.69. The molecule has 0 saturated carbocycles. The highest BCUT2D eigenvalue weighted by molar-refractivity contribution is 5.82. The molecule has 28 heavy (non-hydrogen) atoms. The molecule has 4 aromatic rings. The molecule has 1 heterocycles. The van der Waals surface area contributed by atoms with Gasteiger partial charge in [-0.15, -0.1) is 0 Å². The molecule has 0 amide bonds. The van der Waals surface area contributed by atoms with Crippen LogP contribution in [0.2, 0.25) is 0 Å². The fraction of sp³-hybridized carbons (Fsp3) is 0.125. The molecule has 140 valence electrons. The predicted molar refractivity (Wildman–Crippen MR) is 107 cm³/mol. The highest BCUT2D eigenvalue weighted by Gasteiger charge is 2.13.